The summed E-state index contributed by atoms with van der Waals surface area (Å²) in [6.45, 7) is 7.85. The number of rotatable bonds is 7. The highest BCUT2D eigenvalue weighted by atomic mass is 19.1. The van der Waals surface area contributed by atoms with Crippen molar-refractivity contribution >= 4 is 22.5 Å². The standard InChI is InChI=1S/C29H37FN4O/c1-22-20-34(26-12-17-32(18-13-26)16-11-23-5-7-24(30)8-6-23)28-19-25(9-10-27(22)28)31-29(35)21-33-14-3-2-4-15-33/h5-10,19-20,26H,2-4,11-18,21H2,1H3,(H,31,35). The van der Waals surface area contributed by atoms with Gasteiger partial charge in [0.15, 0.2) is 0 Å². The molecule has 0 saturated carbocycles. The highest BCUT2D eigenvalue weighted by Crippen LogP contribution is 2.31. The first-order valence-electron chi connectivity index (χ1n) is 13.2. The summed E-state index contributed by atoms with van der Waals surface area (Å²) < 4.78 is 15.6. The molecule has 2 aliphatic heterocycles. The number of benzene rings is 2. The second kappa shape index (κ2) is 10.9. The molecule has 1 aromatic heterocycles. The van der Waals surface area contributed by atoms with Gasteiger partial charge < -0.3 is 14.8 Å². The number of nitrogens with one attached hydrogen (secondary N) is 1. The molecule has 2 aliphatic rings. The second-order valence-corrected chi connectivity index (χ2v) is 10.3. The van der Waals surface area contributed by atoms with Crippen LogP contribution in [-0.4, -0.2) is 59.5 Å². The second-order valence-electron chi connectivity index (χ2n) is 10.3. The van der Waals surface area contributed by atoms with Gasteiger partial charge >= 0.3 is 0 Å². The van der Waals surface area contributed by atoms with Crippen LogP contribution in [-0.2, 0) is 11.2 Å². The predicted octanol–water partition coefficient (Wildman–Crippen LogP) is 5.39. The van der Waals surface area contributed by atoms with Gasteiger partial charge in [0.25, 0.3) is 0 Å². The van der Waals surface area contributed by atoms with Crippen molar-refractivity contribution in [1.82, 2.24) is 14.4 Å². The van der Waals surface area contributed by atoms with Crippen LogP contribution in [0.2, 0.25) is 0 Å². The molecule has 0 unspecified atom stereocenters. The van der Waals surface area contributed by atoms with E-state index in [2.05, 4.69) is 44.9 Å². The van der Waals surface area contributed by atoms with Crippen molar-refractivity contribution in [3.8, 4) is 0 Å². The zero-order valence-electron chi connectivity index (χ0n) is 20.8. The van der Waals surface area contributed by atoms with Crippen LogP contribution in [0.3, 0.4) is 0 Å². The van der Waals surface area contributed by atoms with Gasteiger partial charge in [-0.1, -0.05) is 24.6 Å². The molecule has 0 bridgehead atoms. The molecule has 3 heterocycles. The summed E-state index contributed by atoms with van der Waals surface area (Å²) in [5.74, 6) is -0.0935. The number of aryl methyl sites for hydroxylation is 1. The lowest BCUT2D eigenvalue weighted by molar-refractivity contribution is -0.117. The lowest BCUT2D eigenvalue weighted by Gasteiger charge is -2.33. The van der Waals surface area contributed by atoms with Crippen LogP contribution in [0.5, 0.6) is 0 Å². The molecule has 35 heavy (non-hydrogen) atoms. The van der Waals surface area contributed by atoms with Gasteiger partial charge in [0, 0.05) is 42.9 Å². The van der Waals surface area contributed by atoms with Crippen LogP contribution in [0.15, 0.2) is 48.7 Å². The number of hydrogen-bond acceptors (Lipinski definition) is 3. The lowest BCUT2D eigenvalue weighted by atomic mass is 10.0. The minimum Gasteiger partial charge on any atom is -0.344 e. The Hall–Kier alpha value is -2.70. The molecule has 6 heteroatoms. The largest absolute Gasteiger partial charge is 0.344 e. The number of hydrogen-bond donors (Lipinski definition) is 1. The third-order valence-electron chi connectivity index (χ3n) is 7.71. The average Bonchev–Trinajstić information content (AvgIpc) is 3.20. The molecule has 2 saturated heterocycles. The first-order chi connectivity index (χ1) is 17.0. The van der Waals surface area contributed by atoms with Crippen molar-refractivity contribution in [2.45, 2.75) is 51.5 Å². The molecule has 1 amide bonds. The number of anilines is 1. The molecule has 186 valence electrons. The van der Waals surface area contributed by atoms with E-state index in [9.17, 15) is 9.18 Å². The average molecular weight is 477 g/mol. The minimum absolute atomic E-state index is 0.0792. The number of amides is 1. The molecular formula is C29H37FN4O. The minimum atomic E-state index is -0.173. The van der Waals surface area contributed by atoms with Crippen LogP contribution in [0.1, 0.15) is 49.3 Å². The van der Waals surface area contributed by atoms with E-state index in [-0.39, 0.29) is 11.7 Å². The monoisotopic (exact) mass is 476 g/mol. The Morgan fingerprint density at radius 1 is 0.971 bits per heavy atom. The number of nitrogens with zero attached hydrogens (tertiary/aromatic N) is 3. The van der Waals surface area contributed by atoms with E-state index in [0.717, 1.165) is 57.7 Å². The van der Waals surface area contributed by atoms with Gasteiger partial charge in [-0.05, 0) is 87.5 Å². The van der Waals surface area contributed by atoms with Crippen molar-refractivity contribution < 1.29 is 9.18 Å². The van der Waals surface area contributed by atoms with Gasteiger partial charge in [-0.2, -0.15) is 0 Å². The van der Waals surface area contributed by atoms with E-state index >= 15 is 0 Å². The summed E-state index contributed by atoms with van der Waals surface area (Å²) in [7, 11) is 0. The smallest absolute Gasteiger partial charge is 0.238 e. The summed E-state index contributed by atoms with van der Waals surface area (Å²) in [5.41, 5.74) is 4.57. The fraction of sp³-hybridized carbons (Fsp3) is 0.483. The molecule has 3 aromatic rings. The van der Waals surface area contributed by atoms with E-state index < -0.39 is 0 Å². The Kier molecular flexibility index (Phi) is 7.49. The Balaban J connectivity index is 1.20. The Morgan fingerprint density at radius 2 is 1.71 bits per heavy atom. The van der Waals surface area contributed by atoms with Gasteiger partial charge in [0.1, 0.15) is 5.82 Å². The van der Waals surface area contributed by atoms with Crippen molar-refractivity contribution in [2.24, 2.45) is 0 Å². The first-order valence-corrected chi connectivity index (χ1v) is 13.2. The van der Waals surface area contributed by atoms with Crippen molar-refractivity contribution in [3.63, 3.8) is 0 Å². The van der Waals surface area contributed by atoms with Gasteiger partial charge in [-0.15, -0.1) is 0 Å². The number of fused-ring (bicyclic) bond motifs is 1. The lowest BCUT2D eigenvalue weighted by Crippen LogP contribution is -2.36. The maximum Gasteiger partial charge on any atom is 0.238 e. The molecular weight excluding hydrogens is 439 g/mol. The summed E-state index contributed by atoms with van der Waals surface area (Å²) in [6.07, 6.45) is 9.11. The number of aromatic nitrogens is 1. The molecule has 0 aliphatic carbocycles. The summed E-state index contributed by atoms with van der Waals surface area (Å²) in [5, 5.41) is 4.40. The Morgan fingerprint density at radius 3 is 2.46 bits per heavy atom. The quantitative estimate of drug-likeness (QED) is 0.497. The zero-order chi connectivity index (χ0) is 24.2. The SMILES string of the molecule is Cc1cn(C2CCN(CCc3ccc(F)cc3)CC2)c2cc(NC(=O)CN3CCCCC3)ccc12. The third-order valence-corrected chi connectivity index (χ3v) is 7.71. The Labute approximate surface area is 207 Å². The Bertz CT molecular complexity index is 1140. The number of carbonyl (C=O) groups excluding carboxylic acids is 1. The number of piperidine rings is 2. The van der Waals surface area contributed by atoms with E-state index in [1.54, 1.807) is 12.1 Å². The first kappa shape index (κ1) is 24.0. The topological polar surface area (TPSA) is 40.5 Å². The molecule has 2 fully saturated rings. The maximum absolute atomic E-state index is 13.1. The van der Waals surface area contributed by atoms with Gasteiger partial charge in [0.2, 0.25) is 5.91 Å². The summed E-state index contributed by atoms with van der Waals surface area (Å²) in [4.78, 5) is 17.4. The van der Waals surface area contributed by atoms with Gasteiger partial charge in [-0.25, -0.2) is 4.39 Å². The van der Waals surface area contributed by atoms with Crippen LogP contribution >= 0.6 is 0 Å². The van der Waals surface area contributed by atoms with Crippen molar-refractivity contribution in [1.29, 1.82) is 0 Å². The van der Waals surface area contributed by atoms with Crippen LogP contribution in [0.4, 0.5) is 10.1 Å². The van der Waals surface area contributed by atoms with Crippen LogP contribution in [0, 0.1) is 12.7 Å². The highest BCUT2D eigenvalue weighted by Gasteiger charge is 2.22. The third kappa shape index (κ3) is 5.93. The molecule has 1 N–H and O–H groups in total. The molecule has 0 spiro atoms. The molecule has 5 nitrogen and oxygen atoms in total. The van der Waals surface area contributed by atoms with Crippen molar-refractivity contribution in [2.75, 3.05) is 44.6 Å². The highest BCUT2D eigenvalue weighted by molar-refractivity contribution is 5.95. The normalized spacial score (nSPS) is 18.2. The summed E-state index contributed by atoms with van der Waals surface area (Å²) >= 11 is 0. The van der Waals surface area contributed by atoms with Crippen LogP contribution < -0.4 is 5.32 Å². The predicted molar refractivity (Wildman–Crippen MR) is 140 cm³/mol. The zero-order valence-corrected chi connectivity index (χ0v) is 20.8. The van der Waals surface area contributed by atoms with Gasteiger partial charge in [-0.3, -0.25) is 9.69 Å². The van der Waals surface area contributed by atoms with E-state index in [0.29, 0.717) is 12.6 Å². The fourth-order valence-electron chi connectivity index (χ4n) is 5.69. The fourth-order valence-corrected chi connectivity index (χ4v) is 5.69. The van der Waals surface area contributed by atoms with Gasteiger partial charge in [0.05, 0.1) is 12.1 Å². The number of carbonyl (C=O) groups is 1. The molecule has 5 rings (SSSR count). The molecule has 0 radical (unpaired) electrons. The van der Waals surface area contributed by atoms with Crippen molar-refractivity contribution in [3.05, 3.63) is 65.6 Å². The summed E-state index contributed by atoms with van der Waals surface area (Å²) in [6, 6.07) is 13.7. The van der Waals surface area contributed by atoms with E-state index in [1.807, 2.05) is 18.2 Å². The number of likely N-dealkylation sites (tertiary alicyclic amines) is 2. The maximum atomic E-state index is 13.1. The molecule has 2 aromatic carbocycles. The van der Waals surface area contributed by atoms with Crippen LogP contribution in [0.25, 0.3) is 10.9 Å². The van der Waals surface area contributed by atoms with E-state index in [4.69, 9.17) is 0 Å². The number of halogens is 1. The van der Waals surface area contributed by atoms with E-state index in [1.165, 1.54) is 41.3 Å². The molecule has 0 atom stereocenters.